The Morgan fingerprint density at radius 1 is 1.14 bits per heavy atom. The minimum Gasteiger partial charge on any atom is -0.378 e. The minimum atomic E-state index is 0.229. The summed E-state index contributed by atoms with van der Waals surface area (Å²) in [5.74, 6) is 1.24. The zero-order valence-corrected chi connectivity index (χ0v) is 18.1. The number of piperazine rings is 1. The molecule has 2 unspecified atom stereocenters. The van der Waals surface area contributed by atoms with Gasteiger partial charge < -0.3 is 24.6 Å². The molecule has 2 saturated carbocycles. The third kappa shape index (κ3) is 4.25. The number of carbonyl (C=O) groups is 1. The number of carbonyl (C=O) groups excluding carboxylic acids is 1. The van der Waals surface area contributed by atoms with Gasteiger partial charge in [0.25, 0.3) is 0 Å². The van der Waals surface area contributed by atoms with Crippen LogP contribution in [0, 0.1) is 5.41 Å². The van der Waals surface area contributed by atoms with Crippen LogP contribution in [0.5, 0.6) is 0 Å². The van der Waals surface area contributed by atoms with E-state index in [1.807, 2.05) is 11.9 Å². The molecule has 0 aromatic rings. The Morgan fingerprint density at radius 2 is 1.86 bits per heavy atom. The molecule has 2 atom stereocenters. The van der Waals surface area contributed by atoms with Crippen LogP contribution >= 0.6 is 0 Å². The first-order chi connectivity index (χ1) is 14.2. The fourth-order valence-electron chi connectivity index (χ4n) is 5.32. The summed E-state index contributed by atoms with van der Waals surface area (Å²) in [6.07, 6.45) is 5.35. The van der Waals surface area contributed by atoms with Gasteiger partial charge in [0, 0.05) is 64.4 Å². The second-order valence-corrected chi connectivity index (χ2v) is 8.77. The second kappa shape index (κ2) is 9.18. The number of amides is 1. The molecule has 2 heterocycles. The van der Waals surface area contributed by atoms with Crippen molar-refractivity contribution >= 4 is 11.9 Å². The molecule has 0 aromatic heterocycles. The van der Waals surface area contributed by atoms with Crippen molar-refractivity contribution in [2.75, 3.05) is 72.7 Å². The maximum Gasteiger partial charge on any atom is 0.236 e. The highest BCUT2D eigenvalue weighted by atomic mass is 16.5. The molecular formula is C21H37N5O3. The third-order valence-electron chi connectivity index (χ3n) is 7.35. The summed E-state index contributed by atoms with van der Waals surface area (Å²) in [6.45, 7) is 9.79. The van der Waals surface area contributed by atoms with E-state index in [4.69, 9.17) is 9.47 Å². The molecule has 29 heavy (non-hydrogen) atoms. The molecule has 2 aliphatic carbocycles. The first-order valence-corrected chi connectivity index (χ1v) is 11.3. The molecule has 2 saturated heterocycles. The lowest BCUT2D eigenvalue weighted by atomic mass is 9.51. The van der Waals surface area contributed by atoms with Gasteiger partial charge in [-0.2, -0.15) is 0 Å². The van der Waals surface area contributed by atoms with Gasteiger partial charge in [-0.3, -0.25) is 14.7 Å². The van der Waals surface area contributed by atoms with E-state index in [0.29, 0.717) is 37.3 Å². The van der Waals surface area contributed by atoms with Gasteiger partial charge in [-0.25, -0.2) is 0 Å². The molecule has 164 valence electrons. The Kier molecular flexibility index (Phi) is 6.61. The average Bonchev–Trinajstić information content (AvgIpc) is 2.70. The quantitative estimate of drug-likeness (QED) is 0.525. The van der Waals surface area contributed by atoms with Crippen molar-refractivity contribution in [3.63, 3.8) is 0 Å². The predicted molar refractivity (Wildman–Crippen MR) is 112 cm³/mol. The number of hydrogen-bond acceptors (Lipinski definition) is 5. The molecule has 0 aromatic carbocycles. The number of nitrogens with one attached hydrogen (secondary N) is 1. The Balaban J connectivity index is 1.24. The highest BCUT2D eigenvalue weighted by Gasteiger charge is 2.59. The largest absolute Gasteiger partial charge is 0.378 e. The molecule has 1 amide bonds. The molecule has 4 fully saturated rings. The van der Waals surface area contributed by atoms with E-state index in [9.17, 15) is 4.79 Å². The predicted octanol–water partition coefficient (Wildman–Crippen LogP) is 0.386. The van der Waals surface area contributed by atoms with Crippen LogP contribution in [0.2, 0.25) is 0 Å². The van der Waals surface area contributed by atoms with Gasteiger partial charge in [-0.1, -0.05) is 6.42 Å². The van der Waals surface area contributed by atoms with E-state index >= 15 is 0 Å². The molecule has 4 rings (SSSR count). The van der Waals surface area contributed by atoms with E-state index in [1.165, 1.54) is 19.3 Å². The second-order valence-electron chi connectivity index (χ2n) is 8.77. The van der Waals surface area contributed by atoms with Crippen molar-refractivity contribution in [1.82, 2.24) is 20.0 Å². The maximum atomic E-state index is 12.5. The Hall–Kier alpha value is -1.38. The summed E-state index contributed by atoms with van der Waals surface area (Å²) in [7, 11) is 1.88. The molecule has 1 spiro atoms. The Morgan fingerprint density at radius 3 is 2.45 bits per heavy atom. The summed E-state index contributed by atoms with van der Waals surface area (Å²) in [5.41, 5.74) is 0.332. The van der Waals surface area contributed by atoms with Crippen LogP contribution in [0.25, 0.3) is 0 Å². The smallest absolute Gasteiger partial charge is 0.236 e. The highest BCUT2D eigenvalue weighted by molar-refractivity contribution is 5.81. The SMILES string of the molecule is CCOC1CC(NC(=NC)N2CCN(CC(=O)N3CCOCC3)CC2)C12CCC2. The molecule has 1 N–H and O–H groups in total. The highest BCUT2D eigenvalue weighted by Crippen LogP contribution is 2.57. The monoisotopic (exact) mass is 407 g/mol. The van der Waals surface area contributed by atoms with Gasteiger partial charge in [0.05, 0.1) is 25.9 Å². The number of ether oxygens (including phenoxy) is 2. The summed E-state index contributed by atoms with van der Waals surface area (Å²) in [4.78, 5) is 23.6. The van der Waals surface area contributed by atoms with E-state index in [0.717, 1.165) is 58.3 Å². The standard InChI is InChI=1S/C21H37N5O3/c1-3-29-18-15-17(21(18)5-4-6-21)23-20(22-2)26-9-7-24(8-10-26)16-19(27)25-11-13-28-14-12-25/h17-18H,3-16H2,1-2H3,(H,22,23). The lowest BCUT2D eigenvalue weighted by Gasteiger charge is -2.61. The average molecular weight is 408 g/mol. The molecular weight excluding hydrogens is 370 g/mol. The maximum absolute atomic E-state index is 12.5. The molecule has 4 aliphatic rings. The molecule has 8 nitrogen and oxygen atoms in total. The zero-order valence-electron chi connectivity index (χ0n) is 18.1. The Labute approximate surface area is 174 Å². The summed E-state index contributed by atoms with van der Waals surface area (Å²) < 4.78 is 11.3. The van der Waals surface area contributed by atoms with Crippen LogP contribution in [0.15, 0.2) is 4.99 Å². The fourth-order valence-corrected chi connectivity index (χ4v) is 5.32. The zero-order chi connectivity index (χ0) is 20.3. The first-order valence-electron chi connectivity index (χ1n) is 11.3. The number of guanidine groups is 1. The van der Waals surface area contributed by atoms with Crippen LogP contribution < -0.4 is 5.32 Å². The van der Waals surface area contributed by atoms with Gasteiger partial charge in [0.2, 0.25) is 5.91 Å². The van der Waals surface area contributed by atoms with Crippen molar-refractivity contribution in [3.05, 3.63) is 0 Å². The van der Waals surface area contributed by atoms with Crippen LogP contribution in [0.3, 0.4) is 0 Å². The van der Waals surface area contributed by atoms with Crippen molar-refractivity contribution in [2.24, 2.45) is 10.4 Å². The van der Waals surface area contributed by atoms with E-state index < -0.39 is 0 Å². The lowest BCUT2D eigenvalue weighted by Crippen LogP contribution is -2.69. The van der Waals surface area contributed by atoms with Crippen molar-refractivity contribution in [1.29, 1.82) is 0 Å². The topological polar surface area (TPSA) is 69.6 Å². The molecule has 0 radical (unpaired) electrons. The molecule has 0 bridgehead atoms. The molecule has 8 heteroatoms. The van der Waals surface area contributed by atoms with Gasteiger partial charge in [0.15, 0.2) is 5.96 Å². The van der Waals surface area contributed by atoms with Crippen LogP contribution in [-0.4, -0.2) is 111 Å². The number of morpholine rings is 1. The van der Waals surface area contributed by atoms with Crippen LogP contribution in [0.1, 0.15) is 32.6 Å². The van der Waals surface area contributed by atoms with Crippen molar-refractivity contribution in [2.45, 2.75) is 44.8 Å². The van der Waals surface area contributed by atoms with E-state index in [1.54, 1.807) is 0 Å². The fraction of sp³-hybridized carbons (Fsp3) is 0.905. The number of nitrogens with zero attached hydrogens (tertiary/aromatic N) is 4. The van der Waals surface area contributed by atoms with Crippen LogP contribution in [0.4, 0.5) is 0 Å². The van der Waals surface area contributed by atoms with Gasteiger partial charge >= 0.3 is 0 Å². The number of aliphatic imine (C=N–C) groups is 1. The normalized spacial score (nSPS) is 30.1. The van der Waals surface area contributed by atoms with Crippen LogP contribution in [-0.2, 0) is 14.3 Å². The minimum absolute atomic E-state index is 0.229. The number of hydrogen-bond donors (Lipinski definition) is 1. The lowest BCUT2D eigenvalue weighted by molar-refractivity contribution is -0.169. The summed E-state index contributed by atoms with van der Waals surface area (Å²) >= 11 is 0. The first kappa shape index (κ1) is 20.9. The van der Waals surface area contributed by atoms with Gasteiger partial charge in [0.1, 0.15) is 0 Å². The van der Waals surface area contributed by atoms with Crippen molar-refractivity contribution < 1.29 is 14.3 Å². The van der Waals surface area contributed by atoms with Gasteiger partial charge in [-0.05, 0) is 26.2 Å². The van der Waals surface area contributed by atoms with Gasteiger partial charge in [-0.15, -0.1) is 0 Å². The van der Waals surface area contributed by atoms with E-state index in [-0.39, 0.29) is 5.91 Å². The number of rotatable bonds is 5. The van der Waals surface area contributed by atoms with E-state index in [2.05, 4.69) is 27.0 Å². The summed E-state index contributed by atoms with van der Waals surface area (Å²) in [6, 6.07) is 0.479. The van der Waals surface area contributed by atoms with Crippen molar-refractivity contribution in [3.8, 4) is 0 Å². The third-order valence-corrected chi connectivity index (χ3v) is 7.35. The summed E-state index contributed by atoms with van der Waals surface area (Å²) in [5, 5.41) is 3.75. The molecule has 2 aliphatic heterocycles. The Bertz CT molecular complexity index is 595.